The number of benzene rings is 1. The van der Waals surface area contributed by atoms with E-state index in [1.54, 1.807) is 45.9 Å². The largest absolute Gasteiger partial charge is 0.444 e. The zero-order valence-electron chi connectivity index (χ0n) is 42.9. The predicted molar refractivity (Wildman–Crippen MR) is 264 cm³/mol. The van der Waals surface area contributed by atoms with Gasteiger partial charge in [-0.05, 0) is 83.1 Å². The quantitative estimate of drug-likeness (QED) is 0.0979. The topological polar surface area (TPSA) is 221 Å². The van der Waals surface area contributed by atoms with Crippen molar-refractivity contribution in [2.75, 3.05) is 24.1 Å². The Morgan fingerprint density at radius 3 is 2.32 bits per heavy atom. The minimum absolute atomic E-state index is 0.00524. The molecule has 1 aromatic carbocycles. The number of nitrogen functional groups attached to an aromatic ring is 1. The number of carbonyl (C=O) groups is 2. The molecule has 0 aliphatic carbocycles. The average molecular weight is 975 g/mol. The van der Waals surface area contributed by atoms with Gasteiger partial charge < -0.3 is 44.5 Å². The van der Waals surface area contributed by atoms with Crippen molar-refractivity contribution in [1.29, 1.82) is 0 Å². The first-order chi connectivity index (χ1) is 32.1. The van der Waals surface area contributed by atoms with Crippen molar-refractivity contribution >= 4 is 43.1 Å². The van der Waals surface area contributed by atoms with Gasteiger partial charge in [-0.25, -0.2) is 24.5 Å². The highest BCUT2D eigenvalue weighted by molar-refractivity contribution is 6.74. The summed E-state index contributed by atoms with van der Waals surface area (Å²) >= 11 is 0. The Morgan fingerprint density at radius 2 is 1.67 bits per heavy atom. The third kappa shape index (κ3) is 12.0. The van der Waals surface area contributed by atoms with Crippen molar-refractivity contribution in [3.8, 4) is 0 Å². The summed E-state index contributed by atoms with van der Waals surface area (Å²) in [7, 11) is -2.16. The number of ether oxygens (including phenoxy) is 5. The molecule has 3 fully saturated rings. The van der Waals surface area contributed by atoms with Gasteiger partial charge in [0.2, 0.25) is 0 Å². The van der Waals surface area contributed by atoms with Gasteiger partial charge in [0.1, 0.15) is 42.3 Å². The Balaban J connectivity index is 1.19. The molecule has 2 amide bonds. The highest BCUT2D eigenvalue weighted by Gasteiger charge is 2.56. The number of nitrogens with one attached hydrogen (secondary N) is 2. The molecule has 3 aromatic heterocycles. The maximum Gasteiger partial charge on any atom is 0.407 e. The molecule has 0 saturated carbocycles. The van der Waals surface area contributed by atoms with Gasteiger partial charge in [-0.3, -0.25) is 18.8 Å². The van der Waals surface area contributed by atoms with E-state index < -0.39 is 62.3 Å². The van der Waals surface area contributed by atoms with E-state index >= 15 is 0 Å². The summed E-state index contributed by atoms with van der Waals surface area (Å²) in [6.07, 6.45) is 2.55. The fourth-order valence-electron chi connectivity index (χ4n) is 8.91. The smallest absolute Gasteiger partial charge is 0.407 e. The molecule has 378 valence electrons. The van der Waals surface area contributed by atoms with Crippen LogP contribution in [0.4, 0.5) is 16.4 Å². The Labute approximate surface area is 406 Å². The van der Waals surface area contributed by atoms with Gasteiger partial charge in [0.15, 0.2) is 37.3 Å². The summed E-state index contributed by atoms with van der Waals surface area (Å²) in [6, 6.07) is 8.55. The van der Waals surface area contributed by atoms with Crippen LogP contribution in [0, 0.1) is 5.41 Å². The van der Waals surface area contributed by atoms with Crippen LogP contribution in [0.1, 0.15) is 131 Å². The van der Waals surface area contributed by atoms with Crippen LogP contribution < -0.4 is 22.1 Å². The molecule has 3 saturated heterocycles. The normalized spacial score (nSPS) is 24.4. The molecule has 4 N–H and O–H groups in total. The fourth-order valence-corrected chi connectivity index (χ4v) is 10.3. The van der Waals surface area contributed by atoms with Gasteiger partial charge in [-0.1, -0.05) is 66.7 Å². The molecule has 8 atom stereocenters. The molecular weight excluding hydrogens is 901 g/mol. The summed E-state index contributed by atoms with van der Waals surface area (Å²) in [4.78, 5) is 60.2. The Morgan fingerprint density at radius 1 is 0.971 bits per heavy atom. The number of nitrogens with zero attached hydrogens (tertiary/aromatic N) is 7. The number of alkyl carbamates (subject to hydrolysis) is 1. The number of fused-ring (bicyclic) bond motifs is 2. The third-order valence-electron chi connectivity index (χ3n) is 13.5. The molecule has 7 rings (SSSR count). The third-order valence-corrected chi connectivity index (χ3v) is 18.0. The van der Waals surface area contributed by atoms with E-state index in [9.17, 15) is 14.4 Å². The van der Waals surface area contributed by atoms with Gasteiger partial charge in [-0.15, -0.1) is 0 Å². The van der Waals surface area contributed by atoms with Crippen molar-refractivity contribution in [3.63, 3.8) is 0 Å². The number of aromatic nitrogens is 6. The number of nitrogens with two attached hydrogens (primary N) is 1. The van der Waals surface area contributed by atoms with E-state index in [2.05, 4.69) is 97.0 Å². The molecule has 4 aromatic rings. The average Bonchev–Trinajstić information content (AvgIpc) is 4.01. The molecule has 19 nitrogen and oxygen atoms in total. The first-order valence-electron chi connectivity index (χ1n) is 24.1. The maximum absolute atomic E-state index is 13.7. The van der Waals surface area contributed by atoms with Crippen molar-refractivity contribution in [1.82, 2.24) is 39.3 Å². The number of hydrogen-bond donors (Lipinski definition) is 3. The lowest BCUT2D eigenvalue weighted by atomic mass is 9.84. The van der Waals surface area contributed by atoms with Crippen molar-refractivity contribution in [2.24, 2.45) is 5.41 Å². The first-order valence-corrected chi connectivity index (χ1v) is 27.0. The summed E-state index contributed by atoms with van der Waals surface area (Å²) in [5.74, 6) is -0.937. The number of hydrogen-bond acceptors (Lipinski definition) is 15. The van der Waals surface area contributed by atoms with Gasteiger partial charge in [0, 0.05) is 49.4 Å². The van der Waals surface area contributed by atoms with Crippen LogP contribution in [-0.4, -0.2) is 115 Å². The van der Waals surface area contributed by atoms with Gasteiger partial charge >= 0.3 is 11.8 Å². The van der Waals surface area contributed by atoms with Gasteiger partial charge in [0.05, 0.1) is 18.5 Å². The standard InChI is InChI=1S/C49H74N10O9Si/c1-15-31-32(68-69(13,14)48(8,9)10)23-35(63-31)58-25-30(39(50)55-44(58)61)24-57(22-21-34(46(2,3)4)54-45(62)67-47(5,6)7)26-33-37-38(66-49(11,12)65-37)43(64-33)59-28-53-36-40(51-27-52-41(36)59)56-42(60)29-19-17-16-18-20-29/h16-20,25,27-28,31-35,37-38,43H,15,21-24,26H2,1-14H3,(H,54,62)(H2,50,55,61)(H,51,52,56,60)/t31-,32+,33-,34+,35-,37-,38-,43-/m1/s1. The number of anilines is 2. The number of rotatable bonds is 15. The van der Waals surface area contributed by atoms with Crippen LogP contribution in [-0.2, 0) is 34.7 Å². The van der Waals surface area contributed by atoms with E-state index in [-0.39, 0.29) is 52.8 Å². The van der Waals surface area contributed by atoms with E-state index in [1.165, 1.54) is 6.33 Å². The van der Waals surface area contributed by atoms with Crippen LogP contribution in [0.3, 0.4) is 0 Å². The minimum atomic E-state index is -2.16. The fraction of sp³-hybridized carbons (Fsp3) is 0.653. The lowest BCUT2D eigenvalue weighted by molar-refractivity contribution is -0.198. The number of imidazole rings is 1. The monoisotopic (exact) mass is 975 g/mol. The van der Waals surface area contributed by atoms with Crippen LogP contribution in [0.2, 0.25) is 18.1 Å². The highest BCUT2D eigenvalue weighted by atomic mass is 28.4. The molecule has 3 aliphatic heterocycles. The molecule has 6 heterocycles. The molecule has 0 spiro atoms. The zero-order valence-corrected chi connectivity index (χ0v) is 43.9. The van der Waals surface area contributed by atoms with Gasteiger partial charge in [-0.2, -0.15) is 4.98 Å². The SMILES string of the molecule is CC[C@H]1O[C@@H](n2cc(CN(CC[C@H](NC(=O)OC(C)(C)C)C(C)(C)C)C[C@H]3O[C@@H](n4cnc5c(NC(=O)c6ccccc6)ncnc54)[C@@H]4OC(C)(C)O[C@@H]43)c(N)nc2=O)C[C@@H]1O[Si](C)(C)C(C)(C)C. The molecular formula is C49H74N10O9Si. The zero-order chi connectivity index (χ0) is 50.4. The van der Waals surface area contributed by atoms with E-state index in [0.29, 0.717) is 48.2 Å². The number of carbonyl (C=O) groups excluding carboxylic acids is 2. The molecule has 0 bridgehead atoms. The Kier molecular flexibility index (Phi) is 14.9. The Bertz CT molecular complexity index is 2520. The van der Waals surface area contributed by atoms with Crippen LogP contribution >= 0.6 is 0 Å². The van der Waals surface area contributed by atoms with Crippen molar-refractivity contribution in [3.05, 3.63) is 70.8 Å². The molecule has 20 heteroatoms. The van der Waals surface area contributed by atoms with Crippen molar-refractivity contribution < 1.29 is 37.7 Å². The highest BCUT2D eigenvalue weighted by Crippen LogP contribution is 2.45. The first kappa shape index (κ1) is 52.0. The second-order valence-corrected chi connectivity index (χ2v) is 27.4. The summed E-state index contributed by atoms with van der Waals surface area (Å²) in [5, 5.41) is 6.00. The lowest BCUT2D eigenvalue weighted by Crippen LogP contribution is -2.48. The van der Waals surface area contributed by atoms with Crippen LogP contribution in [0.5, 0.6) is 0 Å². The maximum atomic E-state index is 13.7. The van der Waals surface area contributed by atoms with E-state index in [4.69, 9.17) is 33.8 Å². The summed E-state index contributed by atoms with van der Waals surface area (Å²) in [6.45, 7) is 29.6. The molecule has 69 heavy (non-hydrogen) atoms. The predicted octanol–water partition coefficient (Wildman–Crippen LogP) is 7.55. The Hall–Kier alpha value is -4.83. The number of amides is 2. The molecule has 0 unspecified atom stereocenters. The summed E-state index contributed by atoms with van der Waals surface area (Å²) in [5.41, 5.74) is 6.99. The van der Waals surface area contributed by atoms with Crippen LogP contribution in [0.25, 0.3) is 11.2 Å². The second kappa shape index (κ2) is 19.8. The molecule has 3 aliphatic rings. The second-order valence-electron chi connectivity index (χ2n) is 22.6. The lowest BCUT2D eigenvalue weighted by Gasteiger charge is -2.39. The minimum Gasteiger partial charge on any atom is -0.444 e. The van der Waals surface area contributed by atoms with Crippen LogP contribution in [0.15, 0.2) is 54.0 Å². The van der Waals surface area contributed by atoms with Crippen molar-refractivity contribution in [2.45, 2.75) is 187 Å². The summed E-state index contributed by atoms with van der Waals surface area (Å²) < 4.78 is 42.6. The molecule has 0 radical (unpaired) electrons. The van der Waals surface area contributed by atoms with E-state index in [0.717, 1.165) is 6.42 Å². The van der Waals surface area contributed by atoms with Gasteiger partial charge in [0.25, 0.3) is 5.91 Å². The van der Waals surface area contributed by atoms with E-state index in [1.807, 2.05) is 40.7 Å².